The van der Waals surface area contributed by atoms with Crippen molar-refractivity contribution in [2.45, 2.75) is 13.0 Å². The maximum absolute atomic E-state index is 6.03. The molecule has 0 aliphatic rings. The molecule has 90 valence electrons. The Labute approximate surface area is 107 Å². The van der Waals surface area contributed by atoms with E-state index in [1.807, 2.05) is 24.3 Å². The van der Waals surface area contributed by atoms with E-state index >= 15 is 0 Å². The summed E-state index contributed by atoms with van der Waals surface area (Å²) in [5.41, 5.74) is 1.13. The summed E-state index contributed by atoms with van der Waals surface area (Å²) >= 11 is 11.5. The van der Waals surface area contributed by atoms with Crippen LogP contribution in [0.5, 0.6) is 0 Å². The molecule has 0 unspecified atom stereocenters. The van der Waals surface area contributed by atoms with Gasteiger partial charge in [-0.2, -0.15) is 0 Å². The SMILES string of the molecule is ClCCOCCCNCc1ccccc1Cl. The molecule has 0 aliphatic carbocycles. The summed E-state index contributed by atoms with van der Waals surface area (Å²) in [6, 6.07) is 7.86. The van der Waals surface area contributed by atoms with Gasteiger partial charge >= 0.3 is 0 Å². The Morgan fingerprint density at radius 3 is 2.75 bits per heavy atom. The van der Waals surface area contributed by atoms with Crippen molar-refractivity contribution in [3.8, 4) is 0 Å². The molecule has 1 aromatic rings. The summed E-state index contributed by atoms with van der Waals surface area (Å²) in [6.45, 7) is 3.11. The summed E-state index contributed by atoms with van der Waals surface area (Å²) < 4.78 is 5.26. The van der Waals surface area contributed by atoms with E-state index in [2.05, 4.69) is 5.32 Å². The smallest absolute Gasteiger partial charge is 0.0601 e. The van der Waals surface area contributed by atoms with Crippen LogP contribution in [0.4, 0.5) is 0 Å². The maximum atomic E-state index is 6.03. The minimum absolute atomic E-state index is 0.563. The van der Waals surface area contributed by atoms with E-state index in [4.69, 9.17) is 27.9 Å². The minimum Gasteiger partial charge on any atom is -0.380 e. The summed E-state index contributed by atoms with van der Waals surface area (Å²) in [5.74, 6) is 0.563. The van der Waals surface area contributed by atoms with Gasteiger partial charge in [0.1, 0.15) is 0 Å². The van der Waals surface area contributed by atoms with E-state index < -0.39 is 0 Å². The second-order valence-electron chi connectivity index (χ2n) is 3.42. The fourth-order valence-electron chi connectivity index (χ4n) is 1.32. The first kappa shape index (κ1) is 13.8. The highest BCUT2D eigenvalue weighted by Crippen LogP contribution is 2.13. The van der Waals surface area contributed by atoms with Gasteiger partial charge in [-0.05, 0) is 24.6 Å². The first-order valence-corrected chi connectivity index (χ1v) is 6.33. The normalized spacial score (nSPS) is 10.6. The zero-order chi connectivity index (χ0) is 11.6. The highest BCUT2D eigenvalue weighted by atomic mass is 35.5. The number of halogens is 2. The lowest BCUT2D eigenvalue weighted by Crippen LogP contribution is -2.16. The van der Waals surface area contributed by atoms with Gasteiger partial charge in [-0.25, -0.2) is 0 Å². The average Bonchev–Trinajstić information content (AvgIpc) is 2.30. The number of nitrogens with one attached hydrogen (secondary N) is 1. The second kappa shape index (κ2) is 8.82. The van der Waals surface area contributed by atoms with Gasteiger partial charge in [0.15, 0.2) is 0 Å². The van der Waals surface area contributed by atoms with Crippen LogP contribution >= 0.6 is 23.2 Å². The zero-order valence-electron chi connectivity index (χ0n) is 9.22. The molecule has 1 aromatic carbocycles. The molecule has 0 radical (unpaired) electrons. The molecule has 0 saturated heterocycles. The summed E-state index contributed by atoms with van der Waals surface area (Å²) in [4.78, 5) is 0. The molecule has 1 rings (SSSR count). The molecule has 2 nitrogen and oxygen atoms in total. The number of benzene rings is 1. The first-order chi connectivity index (χ1) is 7.84. The Kier molecular flexibility index (Phi) is 7.60. The molecule has 0 heterocycles. The number of alkyl halides is 1. The van der Waals surface area contributed by atoms with Crippen molar-refractivity contribution in [2.75, 3.05) is 25.6 Å². The van der Waals surface area contributed by atoms with Gasteiger partial charge in [-0.1, -0.05) is 29.8 Å². The molecular weight excluding hydrogens is 245 g/mol. The fourth-order valence-corrected chi connectivity index (χ4v) is 1.63. The van der Waals surface area contributed by atoms with E-state index in [1.165, 1.54) is 0 Å². The van der Waals surface area contributed by atoms with Crippen LogP contribution in [0.25, 0.3) is 0 Å². The Bertz CT molecular complexity index is 294. The Morgan fingerprint density at radius 1 is 1.19 bits per heavy atom. The Balaban J connectivity index is 2.05. The molecule has 0 aromatic heterocycles. The first-order valence-electron chi connectivity index (χ1n) is 5.42. The number of hydrogen-bond donors (Lipinski definition) is 1. The van der Waals surface area contributed by atoms with Crippen molar-refractivity contribution < 1.29 is 4.74 Å². The molecule has 0 spiro atoms. The van der Waals surface area contributed by atoms with Crippen LogP contribution in [0.2, 0.25) is 5.02 Å². The predicted molar refractivity (Wildman–Crippen MR) is 69.3 cm³/mol. The molecule has 0 aliphatic heterocycles. The third-order valence-corrected chi connectivity index (χ3v) is 2.66. The molecule has 0 fully saturated rings. The van der Waals surface area contributed by atoms with Crippen molar-refractivity contribution in [1.82, 2.24) is 5.32 Å². The van der Waals surface area contributed by atoms with Crippen molar-refractivity contribution in [2.24, 2.45) is 0 Å². The van der Waals surface area contributed by atoms with Crippen LogP contribution in [-0.4, -0.2) is 25.6 Å². The molecule has 0 saturated carbocycles. The number of hydrogen-bond acceptors (Lipinski definition) is 2. The van der Waals surface area contributed by atoms with Crippen LogP contribution in [0.3, 0.4) is 0 Å². The summed E-state index contributed by atoms with van der Waals surface area (Å²) in [7, 11) is 0. The standard InChI is InChI=1S/C12H17Cl2NO/c13-6-9-16-8-3-7-15-10-11-4-1-2-5-12(11)14/h1-2,4-5,15H,3,6-10H2. The number of rotatable bonds is 8. The third-order valence-electron chi connectivity index (χ3n) is 2.14. The van der Waals surface area contributed by atoms with Crippen LogP contribution in [0, 0.1) is 0 Å². The minimum atomic E-state index is 0.563. The van der Waals surface area contributed by atoms with E-state index in [0.29, 0.717) is 12.5 Å². The maximum Gasteiger partial charge on any atom is 0.0601 e. The average molecular weight is 262 g/mol. The molecule has 4 heteroatoms. The topological polar surface area (TPSA) is 21.3 Å². The highest BCUT2D eigenvalue weighted by molar-refractivity contribution is 6.31. The van der Waals surface area contributed by atoms with E-state index in [1.54, 1.807) is 0 Å². The van der Waals surface area contributed by atoms with Crippen LogP contribution in [0.15, 0.2) is 24.3 Å². The van der Waals surface area contributed by atoms with Gasteiger partial charge in [0.05, 0.1) is 6.61 Å². The quantitative estimate of drug-likeness (QED) is 0.574. The fraction of sp³-hybridized carbons (Fsp3) is 0.500. The van der Waals surface area contributed by atoms with Crippen molar-refractivity contribution in [3.05, 3.63) is 34.9 Å². The van der Waals surface area contributed by atoms with Gasteiger partial charge in [-0.3, -0.25) is 0 Å². The molecule has 16 heavy (non-hydrogen) atoms. The lowest BCUT2D eigenvalue weighted by Gasteiger charge is -2.06. The van der Waals surface area contributed by atoms with Gasteiger partial charge in [-0.15, -0.1) is 11.6 Å². The van der Waals surface area contributed by atoms with Gasteiger partial charge in [0, 0.05) is 24.1 Å². The van der Waals surface area contributed by atoms with Crippen LogP contribution in [0.1, 0.15) is 12.0 Å². The van der Waals surface area contributed by atoms with Crippen molar-refractivity contribution >= 4 is 23.2 Å². The van der Waals surface area contributed by atoms with E-state index in [-0.39, 0.29) is 0 Å². The van der Waals surface area contributed by atoms with E-state index in [0.717, 1.165) is 36.7 Å². The largest absolute Gasteiger partial charge is 0.380 e. The Hall–Kier alpha value is -0.280. The molecular formula is C12H17Cl2NO. The van der Waals surface area contributed by atoms with Crippen LogP contribution in [-0.2, 0) is 11.3 Å². The monoisotopic (exact) mass is 261 g/mol. The Morgan fingerprint density at radius 2 is 2.00 bits per heavy atom. The molecule has 0 bridgehead atoms. The highest BCUT2D eigenvalue weighted by Gasteiger charge is 1.97. The summed E-state index contributed by atoms with van der Waals surface area (Å²) in [6.07, 6.45) is 0.987. The molecule has 0 atom stereocenters. The van der Waals surface area contributed by atoms with Gasteiger partial charge in [0.25, 0.3) is 0 Å². The lowest BCUT2D eigenvalue weighted by atomic mass is 10.2. The third kappa shape index (κ3) is 5.71. The van der Waals surface area contributed by atoms with E-state index in [9.17, 15) is 0 Å². The summed E-state index contributed by atoms with van der Waals surface area (Å²) in [5, 5.41) is 4.14. The number of ether oxygens (including phenoxy) is 1. The second-order valence-corrected chi connectivity index (χ2v) is 4.21. The van der Waals surface area contributed by atoms with Gasteiger partial charge in [0.2, 0.25) is 0 Å². The lowest BCUT2D eigenvalue weighted by molar-refractivity contribution is 0.146. The van der Waals surface area contributed by atoms with Crippen LogP contribution < -0.4 is 5.32 Å². The van der Waals surface area contributed by atoms with Crippen molar-refractivity contribution in [3.63, 3.8) is 0 Å². The van der Waals surface area contributed by atoms with Gasteiger partial charge < -0.3 is 10.1 Å². The van der Waals surface area contributed by atoms with Crippen molar-refractivity contribution in [1.29, 1.82) is 0 Å². The molecule has 1 N–H and O–H groups in total. The molecule has 0 amide bonds. The predicted octanol–water partition coefficient (Wildman–Crippen LogP) is 3.08. The zero-order valence-corrected chi connectivity index (χ0v) is 10.7.